The van der Waals surface area contributed by atoms with Crippen LogP contribution >= 0.6 is 0 Å². The van der Waals surface area contributed by atoms with Crippen molar-refractivity contribution in [1.82, 2.24) is 0 Å². The molecule has 1 aliphatic carbocycles. The fraction of sp³-hybridized carbons (Fsp3) is 0.412. The lowest BCUT2D eigenvalue weighted by molar-refractivity contribution is 0.177. The van der Waals surface area contributed by atoms with Gasteiger partial charge in [0.15, 0.2) is 0 Å². The Hall–Kier alpha value is -1.34. The molecule has 1 saturated carbocycles. The van der Waals surface area contributed by atoms with Gasteiger partial charge < -0.3 is 5.11 Å². The highest BCUT2D eigenvalue weighted by atomic mass is 16.3. The molecule has 1 heteroatoms. The topological polar surface area (TPSA) is 20.2 Å². The van der Waals surface area contributed by atoms with Crippen LogP contribution < -0.4 is 0 Å². The minimum Gasteiger partial charge on any atom is -0.389 e. The van der Waals surface area contributed by atoms with Gasteiger partial charge in [0.2, 0.25) is 0 Å². The number of benzene rings is 1. The number of hydrogen-bond acceptors (Lipinski definition) is 1. The van der Waals surface area contributed by atoms with Crippen molar-refractivity contribution >= 4 is 0 Å². The van der Waals surface area contributed by atoms with Crippen molar-refractivity contribution in [3.8, 4) is 0 Å². The fourth-order valence-corrected chi connectivity index (χ4v) is 2.69. The zero-order valence-corrected chi connectivity index (χ0v) is 10.9. The maximum absolute atomic E-state index is 10.1. The van der Waals surface area contributed by atoms with Gasteiger partial charge in [-0.25, -0.2) is 0 Å². The zero-order valence-electron chi connectivity index (χ0n) is 10.9. The maximum atomic E-state index is 10.1. The first-order valence-corrected chi connectivity index (χ1v) is 6.87. The van der Waals surface area contributed by atoms with Crippen molar-refractivity contribution in [3.05, 3.63) is 59.7 Å². The van der Waals surface area contributed by atoms with Crippen molar-refractivity contribution in [2.24, 2.45) is 0 Å². The standard InChI is InChI=1S/C17H22O/c1-2-15(16-10-6-7-11-17(16)18)13-12-14-8-4-3-5-9-14/h2-5,8-9,17-18H,1,6-7,10-13H2/b16-15+. The van der Waals surface area contributed by atoms with Crippen LogP contribution in [0.2, 0.25) is 0 Å². The van der Waals surface area contributed by atoms with Crippen LogP contribution in [-0.4, -0.2) is 11.2 Å². The van der Waals surface area contributed by atoms with Gasteiger partial charge in [-0.15, -0.1) is 0 Å². The summed E-state index contributed by atoms with van der Waals surface area (Å²) in [7, 11) is 0. The Bertz CT molecular complexity index is 416. The number of hydrogen-bond donors (Lipinski definition) is 1. The number of aliphatic hydroxyl groups excluding tert-OH is 1. The van der Waals surface area contributed by atoms with Crippen LogP contribution in [0.1, 0.15) is 37.7 Å². The first kappa shape index (κ1) is 13.1. The first-order chi connectivity index (χ1) is 8.81. The average molecular weight is 242 g/mol. The predicted molar refractivity (Wildman–Crippen MR) is 76.5 cm³/mol. The summed E-state index contributed by atoms with van der Waals surface area (Å²) in [6, 6.07) is 10.5. The molecule has 0 radical (unpaired) electrons. The number of rotatable bonds is 4. The minimum atomic E-state index is -0.234. The normalized spacial score (nSPS) is 22.6. The van der Waals surface area contributed by atoms with E-state index in [9.17, 15) is 5.11 Å². The predicted octanol–water partition coefficient (Wildman–Crippen LogP) is 4.04. The summed E-state index contributed by atoms with van der Waals surface area (Å²) in [6.07, 6.45) is 8.02. The van der Waals surface area contributed by atoms with Gasteiger partial charge in [0.1, 0.15) is 0 Å². The second kappa shape index (κ2) is 6.55. The van der Waals surface area contributed by atoms with Crippen molar-refractivity contribution in [1.29, 1.82) is 0 Å². The van der Waals surface area contributed by atoms with Crippen LogP contribution in [0.15, 0.2) is 54.1 Å². The molecule has 0 saturated heterocycles. The molecule has 0 spiro atoms. The molecule has 18 heavy (non-hydrogen) atoms. The number of allylic oxidation sites excluding steroid dienone is 2. The summed E-state index contributed by atoms with van der Waals surface area (Å²) in [6.45, 7) is 3.91. The SMILES string of the molecule is C=C/C(CCc1ccccc1)=C1/CCCCC1O. The van der Waals surface area contributed by atoms with Gasteiger partial charge in [-0.05, 0) is 48.8 Å². The van der Waals surface area contributed by atoms with E-state index in [2.05, 4.69) is 30.8 Å². The van der Waals surface area contributed by atoms with Crippen molar-refractivity contribution in [2.45, 2.75) is 44.6 Å². The van der Waals surface area contributed by atoms with Crippen LogP contribution in [0.4, 0.5) is 0 Å². The third-order valence-corrected chi connectivity index (χ3v) is 3.76. The van der Waals surface area contributed by atoms with Gasteiger partial charge in [0.05, 0.1) is 6.10 Å². The van der Waals surface area contributed by atoms with E-state index in [-0.39, 0.29) is 6.10 Å². The lowest BCUT2D eigenvalue weighted by Gasteiger charge is -2.23. The molecule has 1 atom stereocenters. The van der Waals surface area contributed by atoms with Crippen LogP contribution in [0.25, 0.3) is 0 Å². The third-order valence-electron chi connectivity index (χ3n) is 3.76. The summed E-state index contributed by atoms with van der Waals surface area (Å²) in [5.74, 6) is 0. The maximum Gasteiger partial charge on any atom is 0.0755 e. The smallest absolute Gasteiger partial charge is 0.0755 e. The van der Waals surface area contributed by atoms with Gasteiger partial charge >= 0.3 is 0 Å². The molecule has 0 amide bonds. The van der Waals surface area contributed by atoms with E-state index >= 15 is 0 Å². The molecule has 0 aromatic heterocycles. The molecule has 1 fully saturated rings. The Balaban J connectivity index is 2.05. The number of aryl methyl sites for hydroxylation is 1. The molecule has 1 aliphatic rings. The van der Waals surface area contributed by atoms with Crippen LogP contribution in [-0.2, 0) is 6.42 Å². The molecule has 96 valence electrons. The van der Waals surface area contributed by atoms with E-state index in [0.717, 1.165) is 32.1 Å². The van der Waals surface area contributed by atoms with E-state index in [4.69, 9.17) is 0 Å². The minimum absolute atomic E-state index is 0.234. The van der Waals surface area contributed by atoms with Gasteiger partial charge in [-0.2, -0.15) is 0 Å². The summed E-state index contributed by atoms with van der Waals surface area (Å²) in [4.78, 5) is 0. The highest BCUT2D eigenvalue weighted by Crippen LogP contribution is 2.28. The van der Waals surface area contributed by atoms with Gasteiger partial charge in [-0.3, -0.25) is 0 Å². The molecule has 1 unspecified atom stereocenters. The summed E-state index contributed by atoms with van der Waals surface area (Å²) < 4.78 is 0. The molecule has 2 rings (SSSR count). The molecule has 0 bridgehead atoms. The summed E-state index contributed by atoms with van der Waals surface area (Å²) in [5.41, 5.74) is 3.83. The van der Waals surface area contributed by atoms with E-state index in [0.29, 0.717) is 0 Å². The Kier molecular flexibility index (Phi) is 4.77. The van der Waals surface area contributed by atoms with E-state index in [1.54, 1.807) is 0 Å². The fourth-order valence-electron chi connectivity index (χ4n) is 2.69. The molecule has 1 nitrogen and oxygen atoms in total. The van der Waals surface area contributed by atoms with E-state index in [1.807, 2.05) is 12.1 Å². The quantitative estimate of drug-likeness (QED) is 0.845. The molecule has 1 aromatic carbocycles. The van der Waals surface area contributed by atoms with Gasteiger partial charge in [0, 0.05) is 0 Å². The van der Waals surface area contributed by atoms with E-state index < -0.39 is 0 Å². The molecular weight excluding hydrogens is 220 g/mol. The summed E-state index contributed by atoms with van der Waals surface area (Å²) >= 11 is 0. The average Bonchev–Trinajstić information content (AvgIpc) is 2.42. The molecular formula is C17H22O. The van der Waals surface area contributed by atoms with Crippen LogP contribution in [0.5, 0.6) is 0 Å². The third kappa shape index (κ3) is 3.33. The largest absolute Gasteiger partial charge is 0.389 e. The number of aliphatic hydroxyl groups is 1. The Morgan fingerprint density at radius 3 is 2.72 bits per heavy atom. The Morgan fingerprint density at radius 2 is 2.06 bits per heavy atom. The lowest BCUT2D eigenvalue weighted by atomic mass is 9.86. The Morgan fingerprint density at radius 1 is 1.28 bits per heavy atom. The highest BCUT2D eigenvalue weighted by molar-refractivity contribution is 5.29. The second-order valence-electron chi connectivity index (χ2n) is 5.00. The summed E-state index contributed by atoms with van der Waals surface area (Å²) in [5, 5.41) is 10.1. The molecule has 0 aliphatic heterocycles. The van der Waals surface area contributed by atoms with Gasteiger partial charge in [0.25, 0.3) is 0 Å². The first-order valence-electron chi connectivity index (χ1n) is 6.87. The van der Waals surface area contributed by atoms with Gasteiger partial charge in [-0.1, -0.05) is 49.4 Å². The highest BCUT2D eigenvalue weighted by Gasteiger charge is 2.18. The molecule has 0 heterocycles. The van der Waals surface area contributed by atoms with Crippen LogP contribution in [0.3, 0.4) is 0 Å². The van der Waals surface area contributed by atoms with Crippen molar-refractivity contribution in [2.75, 3.05) is 0 Å². The van der Waals surface area contributed by atoms with Crippen molar-refractivity contribution < 1.29 is 5.11 Å². The van der Waals surface area contributed by atoms with Crippen LogP contribution in [0, 0.1) is 0 Å². The Labute approximate surface area is 110 Å². The second-order valence-corrected chi connectivity index (χ2v) is 5.00. The monoisotopic (exact) mass is 242 g/mol. The van der Waals surface area contributed by atoms with E-state index in [1.165, 1.54) is 23.1 Å². The molecule has 1 aromatic rings. The van der Waals surface area contributed by atoms with Crippen molar-refractivity contribution in [3.63, 3.8) is 0 Å². The molecule has 1 N–H and O–H groups in total. The zero-order chi connectivity index (χ0) is 12.8. The lowest BCUT2D eigenvalue weighted by Crippen LogP contribution is -2.17.